The molecule has 3 heterocycles. The highest BCUT2D eigenvalue weighted by atomic mass is 16.6. The van der Waals surface area contributed by atoms with Crippen LogP contribution in [0.25, 0.3) is 22.4 Å². The zero-order chi connectivity index (χ0) is 15.0. The number of rotatable bonds is 1. The summed E-state index contributed by atoms with van der Waals surface area (Å²) in [5.41, 5.74) is 2.27. The van der Waals surface area contributed by atoms with Gasteiger partial charge in [0.1, 0.15) is 11.1 Å². The summed E-state index contributed by atoms with van der Waals surface area (Å²) in [5, 5.41) is 4.01. The summed E-state index contributed by atoms with van der Waals surface area (Å²) in [6, 6.07) is 1.84. The Morgan fingerprint density at radius 1 is 1.33 bits per heavy atom. The predicted octanol–water partition coefficient (Wildman–Crippen LogP) is 2.60. The average molecular weight is 285 g/mol. The molecule has 0 unspecified atom stereocenters. The predicted molar refractivity (Wildman–Crippen MR) is 76.7 cm³/mol. The minimum atomic E-state index is -0.562. The third kappa shape index (κ3) is 2.76. The van der Waals surface area contributed by atoms with Crippen molar-refractivity contribution in [1.82, 2.24) is 24.7 Å². The number of aromatic amines is 1. The number of aromatic nitrogens is 5. The van der Waals surface area contributed by atoms with Gasteiger partial charge in [-0.2, -0.15) is 9.78 Å². The number of hydrogen-bond donors (Lipinski definition) is 1. The van der Waals surface area contributed by atoms with Crippen LogP contribution in [-0.4, -0.2) is 36.4 Å². The van der Waals surface area contributed by atoms with E-state index in [9.17, 15) is 4.79 Å². The van der Waals surface area contributed by atoms with Crippen LogP contribution in [0, 0.1) is 0 Å². The summed E-state index contributed by atoms with van der Waals surface area (Å²) in [6.07, 6.45) is 6.03. The fourth-order valence-electron chi connectivity index (χ4n) is 1.83. The Hall–Kier alpha value is -2.70. The lowest BCUT2D eigenvalue weighted by molar-refractivity contribution is 0.0514. The van der Waals surface area contributed by atoms with E-state index in [0.29, 0.717) is 11.3 Å². The standard InChI is InChI=1S/C14H15N5O2/c1-14(2,3)21-13(20)19-8-9(6-17-19)11-7-16-12-10(18-11)4-5-15-12/h4-8H,1-3H3,(H,15,16). The highest BCUT2D eigenvalue weighted by Gasteiger charge is 2.19. The van der Waals surface area contributed by atoms with Crippen LogP contribution in [0.1, 0.15) is 20.8 Å². The molecule has 7 heteroatoms. The van der Waals surface area contributed by atoms with Crippen molar-refractivity contribution in [2.45, 2.75) is 26.4 Å². The Labute approximate surface area is 121 Å². The maximum atomic E-state index is 11.9. The van der Waals surface area contributed by atoms with Crippen LogP contribution in [0.2, 0.25) is 0 Å². The summed E-state index contributed by atoms with van der Waals surface area (Å²) in [4.78, 5) is 23.6. The maximum Gasteiger partial charge on any atom is 0.435 e. The van der Waals surface area contributed by atoms with Gasteiger partial charge in [0, 0.05) is 18.0 Å². The van der Waals surface area contributed by atoms with E-state index in [-0.39, 0.29) is 0 Å². The van der Waals surface area contributed by atoms with Crippen LogP contribution in [0.3, 0.4) is 0 Å². The number of carbonyl (C=O) groups is 1. The Kier molecular flexibility index (Phi) is 2.97. The lowest BCUT2D eigenvalue weighted by atomic mass is 10.2. The zero-order valence-electron chi connectivity index (χ0n) is 12.0. The molecule has 108 valence electrons. The van der Waals surface area contributed by atoms with Gasteiger partial charge in [-0.3, -0.25) is 0 Å². The van der Waals surface area contributed by atoms with E-state index in [2.05, 4.69) is 20.1 Å². The largest absolute Gasteiger partial charge is 0.442 e. The van der Waals surface area contributed by atoms with Crippen molar-refractivity contribution in [1.29, 1.82) is 0 Å². The van der Waals surface area contributed by atoms with Crippen molar-refractivity contribution < 1.29 is 9.53 Å². The maximum absolute atomic E-state index is 11.9. The first-order chi connectivity index (χ1) is 9.92. The Morgan fingerprint density at radius 2 is 2.14 bits per heavy atom. The highest BCUT2D eigenvalue weighted by molar-refractivity contribution is 5.75. The van der Waals surface area contributed by atoms with E-state index < -0.39 is 11.7 Å². The number of nitrogens with one attached hydrogen (secondary N) is 1. The number of nitrogens with zero attached hydrogens (tertiary/aromatic N) is 4. The SMILES string of the molecule is CC(C)(C)OC(=O)n1cc(-c2cnc3[nH]ccc3n2)cn1. The second-order valence-electron chi connectivity index (χ2n) is 5.62. The molecule has 0 saturated heterocycles. The van der Waals surface area contributed by atoms with Gasteiger partial charge in [0.2, 0.25) is 0 Å². The number of fused-ring (bicyclic) bond motifs is 1. The number of carbonyl (C=O) groups excluding carboxylic acids is 1. The molecule has 3 rings (SSSR count). The van der Waals surface area contributed by atoms with E-state index in [1.165, 1.54) is 0 Å². The Bertz CT molecular complexity index is 797. The molecule has 0 spiro atoms. The second kappa shape index (κ2) is 4.69. The van der Waals surface area contributed by atoms with E-state index in [1.807, 2.05) is 6.07 Å². The molecule has 7 nitrogen and oxygen atoms in total. The van der Waals surface area contributed by atoms with Crippen molar-refractivity contribution in [3.8, 4) is 11.3 Å². The molecule has 0 bridgehead atoms. The van der Waals surface area contributed by atoms with Gasteiger partial charge in [-0.15, -0.1) is 0 Å². The van der Waals surface area contributed by atoms with Crippen LogP contribution >= 0.6 is 0 Å². The molecule has 0 aliphatic heterocycles. The van der Waals surface area contributed by atoms with E-state index in [4.69, 9.17) is 4.74 Å². The zero-order valence-corrected chi connectivity index (χ0v) is 12.0. The molecule has 3 aromatic rings. The molecule has 0 atom stereocenters. The molecule has 0 amide bonds. The van der Waals surface area contributed by atoms with Gasteiger partial charge < -0.3 is 9.72 Å². The smallest absolute Gasteiger partial charge is 0.435 e. The topological polar surface area (TPSA) is 85.7 Å². The van der Waals surface area contributed by atoms with Crippen molar-refractivity contribution >= 4 is 17.3 Å². The highest BCUT2D eigenvalue weighted by Crippen LogP contribution is 2.18. The van der Waals surface area contributed by atoms with Crippen molar-refractivity contribution in [3.05, 3.63) is 30.9 Å². The minimum Gasteiger partial charge on any atom is -0.442 e. The van der Waals surface area contributed by atoms with Crippen LogP contribution in [0.15, 0.2) is 30.9 Å². The van der Waals surface area contributed by atoms with Crippen LogP contribution in [0.5, 0.6) is 0 Å². The van der Waals surface area contributed by atoms with Crippen LogP contribution < -0.4 is 0 Å². The first-order valence-corrected chi connectivity index (χ1v) is 6.51. The van der Waals surface area contributed by atoms with E-state index >= 15 is 0 Å². The van der Waals surface area contributed by atoms with Gasteiger partial charge in [0.25, 0.3) is 0 Å². The summed E-state index contributed by atoms with van der Waals surface area (Å²) in [5.74, 6) is 0. The molecule has 0 fully saturated rings. The molecule has 0 aliphatic rings. The molecule has 1 N–H and O–H groups in total. The first-order valence-electron chi connectivity index (χ1n) is 6.51. The van der Waals surface area contributed by atoms with Gasteiger partial charge in [-0.1, -0.05) is 0 Å². The van der Waals surface area contributed by atoms with Gasteiger partial charge in [0.15, 0.2) is 5.65 Å². The fourth-order valence-corrected chi connectivity index (χ4v) is 1.83. The third-order valence-electron chi connectivity index (χ3n) is 2.72. The van der Waals surface area contributed by atoms with Gasteiger partial charge >= 0.3 is 6.09 Å². The third-order valence-corrected chi connectivity index (χ3v) is 2.72. The van der Waals surface area contributed by atoms with Crippen LogP contribution in [0.4, 0.5) is 4.79 Å². The quantitative estimate of drug-likeness (QED) is 0.742. The molecular weight excluding hydrogens is 270 g/mol. The average Bonchev–Trinajstić information content (AvgIpc) is 3.05. The summed E-state index contributed by atoms with van der Waals surface area (Å²) in [7, 11) is 0. The lowest BCUT2D eigenvalue weighted by Crippen LogP contribution is -2.27. The molecule has 3 aromatic heterocycles. The molecule has 21 heavy (non-hydrogen) atoms. The van der Waals surface area contributed by atoms with Crippen LogP contribution in [-0.2, 0) is 4.74 Å². The van der Waals surface area contributed by atoms with E-state index in [0.717, 1.165) is 15.8 Å². The molecular formula is C14H15N5O2. The van der Waals surface area contributed by atoms with Crippen molar-refractivity contribution in [2.75, 3.05) is 0 Å². The lowest BCUT2D eigenvalue weighted by Gasteiger charge is -2.18. The fraction of sp³-hybridized carbons (Fsp3) is 0.286. The summed E-state index contributed by atoms with van der Waals surface area (Å²) < 4.78 is 6.41. The second-order valence-corrected chi connectivity index (χ2v) is 5.62. The Morgan fingerprint density at radius 3 is 2.90 bits per heavy atom. The molecule has 0 radical (unpaired) electrons. The molecule has 0 aromatic carbocycles. The van der Waals surface area contributed by atoms with Gasteiger partial charge in [0.05, 0.1) is 18.1 Å². The van der Waals surface area contributed by atoms with Crippen molar-refractivity contribution in [2.24, 2.45) is 0 Å². The first kappa shape index (κ1) is 13.3. The Balaban J connectivity index is 1.88. The van der Waals surface area contributed by atoms with Gasteiger partial charge in [-0.05, 0) is 26.8 Å². The number of ether oxygens (including phenoxy) is 1. The number of H-pyrrole nitrogens is 1. The monoisotopic (exact) mass is 285 g/mol. The number of hydrogen-bond acceptors (Lipinski definition) is 5. The van der Waals surface area contributed by atoms with Crippen molar-refractivity contribution in [3.63, 3.8) is 0 Å². The molecule has 0 saturated carbocycles. The summed E-state index contributed by atoms with van der Waals surface area (Å²) >= 11 is 0. The van der Waals surface area contributed by atoms with E-state index in [1.54, 1.807) is 45.6 Å². The summed E-state index contributed by atoms with van der Waals surface area (Å²) in [6.45, 7) is 5.42. The normalized spacial score (nSPS) is 11.8. The van der Waals surface area contributed by atoms with Gasteiger partial charge in [-0.25, -0.2) is 14.8 Å². The molecule has 0 aliphatic carbocycles. The minimum absolute atomic E-state index is 0.524.